The molecule has 0 saturated carbocycles. The van der Waals surface area contributed by atoms with Gasteiger partial charge in [0.15, 0.2) is 0 Å². The first kappa shape index (κ1) is 52.0. The van der Waals surface area contributed by atoms with Crippen LogP contribution in [0.5, 0.6) is 0 Å². The lowest BCUT2D eigenvalue weighted by molar-refractivity contribution is -0.143. The number of carboxylic acid groups (broad SMARTS) is 2. The summed E-state index contributed by atoms with van der Waals surface area (Å²) in [4.78, 5) is 137. The number of aliphatic carboxylic acids is 2. The van der Waals surface area contributed by atoms with Gasteiger partial charge >= 0.3 is 11.9 Å². The van der Waals surface area contributed by atoms with Gasteiger partial charge in [-0.3, -0.25) is 47.9 Å². The van der Waals surface area contributed by atoms with E-state index < -0.39 is 159 Å². The van der Waals surface area contributed by atoms with E-state index in [2.05, 4.69) is 42.5 Å². The fourth-order valence-electron chi connectivity index (χ4n) is 4.82. The maximum absolute atomic E-state index is 13.6. The van der Waals surface area contributed by atoms with E-state index in [-0.39, 0.29) is 12.3 Å². The van der Waals surface area contributed by atoms with Crippen LogP contribution in [0.3, 0.4) is 0 Å². The summed E-state index contributed by atoms with van der Waals surface area (Å²) in [5.41, 5.74) is 10.5. The minimum atomic E-state index is -1.79. The lowest BCUT2D eigenvalue weighted by Gasteiger charge is -2.27. The number of aliphatic hydroxyl groups is 2. The summed E-state index contributed by atoms with van der Waals surface area (Å²) < 4.78 is 0. The van der Waals surface area contributed by atoms with Gasteiger partial charge < -0.3 is 74.4 Å². The Morgan fingerprint density at radius 2 is 1.03 bits per heavy atom. The Balaban J connectivity index is 6.07. The largest absolute Gasteiger partial charge is 0.481 e. The zero-order valence-electron chi connectivity index (χ0n) is 32.8. The molecule has 0 aliphatic rings. The molecule has 0 aromatic heterocycles. The Kier molecular flexibility index (Phi) is 23.4. The molecule has 58 heavy (non-hydrogen) atoms. The SMILES string of the molecule is CC(C)C[C@H](NC(=O)[C@H](CC(N)=O)NC(=O)[C@H](CO)NC(=O)[C@H](C)NC(=O)CN)C(=O)N[C@@H](CCC(=O)O)C(=O)N[C@@H](CO)C(=O)NCC(=O)N[C@H](C(=O)O)C(C)C. The number of amides is 9. The average Bonchev–Trinajstić information content (AvgIpc) is 3.13. The Morgan fingerprint density at radius 1 is 0.569 bits per heavy atom. The number of carboxylic acids is 2. The molecule has 25 heteroatoms. The fraction of sp³-hybridized carbons (Fsp3) is 0.667. The van der Waals surface area contributed by atoms with Gasteiger partial charge in [0.05, 0.1) is 32.7 Å². The monoisotopic (exact) mass is 832 g/mol. The van der Waals surface area contributed by atoms with Crippen molar-refractivity contribution in [2.75, 3.05) is 26.3 Å². The highest BCUT2D eigenvalue weighted by Gasteiger charge is 2.34. The summed E-state index contributed by atoms with van der Waals surface area (Å²) in [6.45, 7) is 4.38. The van der Waals surface area contributed by atoms with Gasteiger partial charge in [0.2, 0.25) is 53.2 Å². The van der Waals surface area contributed by atoms with Crippen LogP contribution >= 0.6 is 0 Å². The fourth-order valence-corrected chi connectivity index (χ4v) is 4.82. The van der Waals surface area contributed by atoms with Gasteiger partial charge in [0.25, 0.3) is 0 Å². The molecule has 0 aliphatic carbocycles. The minimum Gasteiger partial charge on any atom is -0.481 e. The summed E-state index contributed by atoms with van der Waals surface area (Å²) in [5.74, 6) is -12.8. The highest BCUT2D eigenvalue weighted by molar-refractivity contribution is 5.98. The molecule has 7 atom stereocenters. The summed E-state index contributed by atoms with van der Waals surface area (Å²) in [6, 6.07) is -10.9. The van der Waals surface area contributed by atoms with E-state index in [4.69, 9.17) is 11.5 Å². The molecule has 9 amide bonds. The van der Waals surface area contributed by atoms with Gasteiger partial charge in [0, 0.05) is 6.42 Å². The van der Waals surface area contributed by atoms with E-state index in [1.54, 1.807) is 13.8 Å². The molecular weight excluding hydrogens is 776 g/mol. The number of rotatable bonds is 27. The molecule has 0 aromatic rings. The smallest absolute Gasteiger partial charge is 0.326 e. The Labute approximate surface area is 332 Å². The van der Waals surface area contributed by atoms with Crippen LogP contribution < -0.4 is 54.0 Å². The van der Waals surface area contributed by atoms with Crippen LogP contribution in [0.25, 0.3) is 0 Å². The summed E-state index contributed by atoms with van der Waals surface area (Å²) in [5, 5.41) is 55.7. The molecule has 0 saturated heterocycles. The number of primary amides is 1. The van der Waals surface area contributed by atoms with Crippen molar-refractivity contribution in [2.45, 2.75) is 103 Å². The van der Waals surface area contributed by atoms with E-state index in [9.17, 15) is 73.2 Å². The number of nitrogens with one attached hydrogen (secondary N) is 8. The van der Waals surface area contributed by atoms with Gasteiger partial charge in [-0.1, -0.05) is 27.7 Å². The van der Waals surface area contributed by atoms with E-state index in [1.165, 1.54) is 20.8 Å². The molecular formula is C33H56N10O15. The van der Waals surface area contributed by atoms with Crippen LogP contribution in [0, 0.1) is 11.8 Å². The number of hydrogen-bond donors (Lipinski definition) is 14. The van der Waals surface area contributed by atoms with Crippen molar-refractivity contribution in [1.82, 2.24) is 42.5 Å². The third kappa shape index (κ3) is 19.8. The first-order valence-corrected chi connectivity index (χ1v) is 18.0. The molecule has 0 spiro atoms. The van der Waals surface area contributed by atoms with Crippen molar-refractivity contribution in [2.24, 2.45) is 23.3 Å². The molecule has 0 rings (SSSR count). The standard InChI is InChI=1S/C33H56N10O15/c1-14(2)8-18(39-31(55)19(9-22(35)46)40-32(56)21(13-45)41-27(51)16(5)37-23(47)10-34)30(54)38-17(6-7-25(49)50)29(53)42-20(12-44)28(52)36-11-24(48)43-26(15(3)4)33(57)58/h14-21,26,44-45H,6-13,34H2,1-5H3,(H2,35,46)(H,36,52)(H,37,47)(H,38,54)(H,39,55)(H,40,56)(H,41,51)(H,42,53)(H,43,48)(H,49,50)(H,57,58)/t16-,17-,18-,19-,20-,21-,26-/m0/s1. The van der Waals surface area contributed by atoms with Gasteiger partial charge in [-0.25, -0.2) is 4.79 Å². The van der Waals surface area contributed by atoms with Crippen LogP contribution in [-0.4, -0.2) is 154 Å². The Morgan fingerprint density at radius 3 is 1.52 bits per heavy atom. The third-order valence-electron chi connectivity index (χ3n) is 7.92. The number of nitrogens with two attached hydrogens (primary N) is 2. The van der Waals surface area contributed by atoms with Crippen LogP contribution in [0.4, 0.5) is 0 Å². The van der Waals surface area contributed by atoms with E-state index in [0.717, 1.165) is 0 Å². The number of hydrogen-bond acceptors (Lipinski definition) is 14. The molecule has 0 radical (unpaired) electrons. The van der Waals surface area contributed by atoms with E-state index in [1.807, 2.05) is 0 Å². The molecule has 16 N–H and O–H groups in total. The average molecular weight is 833 g/mol. The van der Waals surface area contributed by atoms with E-state index >= 15 is 0 Å². The predicted octanol–water partition coefficient (Wildman–Crippen LogP) is -7.01. The second kappa shape index (κ2) is 26.1. The van der Waals surface area contributed by atoms with Gasteiger partial charge in [-0.05, 0) is 31.6 Å². The lowest BCUT2D eigenvalue weighted by atomic mass is 10.0. The normalized spacial score (nSPS) is 14.5. The number of aliphatic hydroxyl groups excluding tert-OH is 2. The molecule has 0 unspecified atom stereocenters. The van der Waals surface area contributed by atoms with Crippen LogP contribution in [0.2, 0.25) is 0 Å². The Hall–Kier alpha value is -5.95. The van der Waals surface area contributed by atoms with Crippen molar-refractivity contribution in [1.29, 1.82) is 0 Å². The van der Waals surface area contributed by atoms with Crippen molar-refractivity contribution >= 4 is 65.1 Å². The van der Waals surface area contributed by atoms with Crippen LogP contribution in [0.1, 0.15) is 60.3 Å². The highest BCUT2D eigenvalue weighted by Crippen LogP contribution is 2.09. The van der Waals surface area contributed by atoms with Gasteiger partial charge in [-0.15, -0.1) is 0 Å². The third-order valence-corrected chi connectivity index (χ3v) is 7.92. The summed E-state index contributed by atoms with van der Waals surface area (Å²) in [7, 11) is 0. The zero-order valence-corrected chi connectivity index (χ0v) is 32.8. The summed E-state index contributed by atoms with van der Waals surface area (Å²) >= 11 is 0. The highest BCUT2D eigenvalue weighted by atomic mass is 16.4. The van der Waals surface area contributed by atoms with E-state index in [0.29, 0.717) is 0 Å². The van der Waals surface area contributed by atoms with Crippen molar-refractivity contribution < 1.29 is 73.2 Å². The van der Waals surface area contributed by atoms with Crippen LogP contribution in [-0.2, 0) is 52.7 Å². The maximum Gasteiger partial charge on any atom is 0.326 e. The Bertz CT molecular complexity index is 1510. The molecule has 0 heterocycles. The van der Waals surface area contributed by atoms with Crippen LogP contribution in [0.15, 0.2) is 0 Å². The molecule has 0 fully saturated rings. The molecule has 0 bridgehead atoms. The maximum atomic E-state index is 13.6. The van der Waals surface area contributed by atoms with Crippen molar-refractivity contribution in [3.8, 4) is 0 Å². The molecule has 0 aliphatic heterocycles. The second-order valence-electron chi connectivity index (χ2n) is 13.7. The zero-order chi connectivity index (χ0) is 44.9. The van der Waals surface area contributed by atoms with Gasteiger partial charge in [-0.2, -0.15) is 0 Å². The summed E-state index contributed by atoms with van der Waals surface area (Å²) in [6.07, 6.45) is -2.22. The molecule has 25 nitrogen and oxygen atoms in total. The second-order valence-corrected chi connectivity index (χ2v) is 13.7. The predicted molar refractivity (Wildman–Crippen MR) is 198 cm³/mol. The topological polar surface area (TPSA) is 417 Å². The first-order valence-electron chi connectivity index (χ1n) is 18.0. The van der Waals surface area contributed by atoms with Crippen molar-refractivity contribution in [3.05, 3.63) is 0 Å². The van der Waals surface area contributed by atoms with Crippen molar-refractivity contribution in [3.63, 3.8) is 0 Å². The first-order chi connectivity index (χ1) is 27.0. The number of carbonyl (C=O) groups is 11. The quantitative estimate of drug-likeness (QED) is 0.0366. The molecule has 328 valence electrons. The van der Waals surface area contributed by atoms with Gasteiger partial charge in [0.1, 0.15) is 42.3 Å². The minimum absolute atomic E-state index is 0.132. The lowest BCUT2D eigenvalue weighted by Crippen LogP contribution is -2.61. The molecule has 0 aromatic carbocycles. The number of carbonyl (C=O) groups excluding carboxylic acids is 9.